The SMILES string of the molecule is CC1(n2c(NC(=O)C[C@](C)(O)c3ccccc3)nc3cc(F)c(C#N)cc32)CCC1. The molecule has 6 nitrogen and oxygen atoms in total. The number of nitrogens with one attached hydrogen (secondary N) is 1. The average molecular weight is 406 g/mol. The van der Waals surface area contributed by atoms with E-state index in [1.807, 2.05) is 16.7 Å². The molecule has 4 rings (SSSR count). The van der Waals surface area contributed by atoms with E-state index in [0.29, 0.717) is 22.5 Å². The fourth-order valence-electron chi connectivity index (χ4n) is 4.11. The number of nitrogens with zero attached hydrogens (tertiary/aromatic N) is 3. The molecule has 1 amide bonds. The fraction of sp³-hybridized carbons (Fsp3) is 0.348. The maximum atomic E-state index is 14.1. The van der Waals surface area contributed by atoms with E-state index in [4.69, 9.17) is 0 Å². The first-order valence-corrected chi connectivity index (χ1v) is 9.94. The summed E-state index contributed by atoms with van der Waals surface area (Å²) in [5.41, 5.74) is -0.0474. The van der Waals surface area contributed by atoms with Crippen molar-refractivity contribution in [2.75, 3.05) is 5.32 Å². The summed E-state index contributed by atoms with van der Waals surface area (Å²) in [6.45, 7) is 3.65. The number of hydrogen-bond donors (Lipinski definition) is 2. The van der Waals surface area contributed by atoms with Gasteiger partial charge in [-0.3, -0.25) is 10.1 Å². The Balaban J connectivity index is 1.69. The molecule has 30 heavy (non-hydrogen) atoms. The molecule has 3 aromatic rings. The van der Waals surface area contributed by atoms with Crippen LogP contribution < -0.4 is 5.32 Å². The summed E-state index contributed by atoms with van der Waals surface area (Å²) in [5, 5.41) is 22.8. The highest BCUT2D eigenvalue weighted by atomic mass is 19.1. The van der Waals surface area contributed by atoms with Crippen LogP contribution in [0.1, 0.15) is 50.7 Å². The van der Waals surface area contributed by atoms with E-state index < -0.39 is 17.3 Å². The molecule has 1 saturated carbocycles. The predicted molar refractivity (Wildman–Crippen MR) is 111 cm³/mol. The van der Waals surface area contributed by atoms with Crippen LogP contribution in [0.5, 0.6) is 0 Å². The first-order chi connectivity index (χ1) is 14.2. The second-order valence-corrected chi connectivity index (χ2v) is 8.42. The molecular weight excluding hydrogens is 383 g/mol. The fourth-order valence-corrected chi connectivity index (χ4v) is 4.11. The van der Waals surface area contributed by atoms with E-state index in [1.54, 1.807) is 31.2 Å². The number of carbonyl (C=O) groups excluding carboxylic acids is 1. The van der Waals surface area contributed by atoms with Gasteiger partial charge in [0.15, 0.2) is 0 Å². The molecule has 2 N–H and O–H groups in total. The third-order valence-corrected chi connectivity index (χ3v) is 5.99. The predicted octanol–water partition coefficient (Wildman–Crippen LogP) is 4.18. The highest BCUT2D eigenvalue weighted by Crippen LogP contribution is 2.43. The largest absolute Gasteiger partial charge is 0.385 e. The Kier molecular flexibility index (Phi) is 4.83. The van der Waals surface area contributed by atoms with E-state index >= 15 is 0 Å². The minimum Gasteiger partial charge on any atom is -0.385 e. The van der Waals surface area contributed by atoms with Gasteiger partial charge in [-0.2, -0.15) is 5.26 Å². The van der Waals surface area contributed by atoms with Crippen molar-refractivity contribution >= 4 is 22.9 Å². The van der Waals surface area contributed by atoms with Crippen molar-refractivity contribution in [3.8, 4) is 6.07 Å². The van der Waals surface area contributed by atoms with E-state index in [9.17, 15) is 19.6 Å². The number of halogens is 1. The van der Waals surface area contributed by atoms with Gasteiger partial charge in [0, 0.05) is 11.6 Å². The molecule has 1 fully saturated rings. The summed E-state index contributed by atoms with van der Waals surface area (Å²) in [4.78, 5) is 17.2. The quantitative estimate of drug-likeness (QED) is 0.665. The molecule has 1 heterocycles. The van der Waals surface area contributed by atoms with Crippen molar-refractivity contribution in [3.63, 3.8) is 0 Å². The maximum Gasteiger partial charge on any atom is 0.229 e. The summed E-state index contributed by atoms with van der Waals surface area (Å²) in [5.74, 6) is -0.738. The Morgan fingerprint density at radius 1 is 1.37 bits per heavy atom. The molecule has 0 unspecified atom stereocenters. The van der Waals surface area contributed by atoms with Gasteiger partial charge in [-0.25, -0.2) is 9.37 Å². The van der Waals surface area contributed by atoms with Crippen LogP contribution in [0.3, 0.4) is 0 Å². The number of nitriles is 1. The minimum atomic E-state index is -1.34. The van der Waals surface area contributed by atoms with E-state index in [1.165, 1.54) is 12.1 Å². The number of carbonyl (C=O) groups is 1. The number of anilines is 1. The molecule has 1 aromatic heterocycles. The van der Waals surface area contributed by atoms with Crippen LogP contribution in [0.15, 0.2) is 42.5 Å². The Hall–Kier alpha value is -3.24. The first-order valence-electron chi connectivity index (χ1n) is 9.94. The Morgan fingerprint density at radius 2 is 2.07 bits per heavy atom. The second kappa shape index (κ2) is 7.22. The smallest absolute Gasteiger partial charge is 0.229 e. The van der Waals surface area contributed by atoms with E-state index in [0.717, 1.165) is 19.3 Å². The molecule has 1 aliphatic carbocycles. The van der Waals surface area contributed by atoms with Crippen molar-refractivity contribution < 1.29 is 14.3 Å². The lowest BCUT2D eigenvalue weighted by Crippen LogP contribution is -2.38. The summed E-state index contributed by atoms with van der Waals surface area (Å²) in [6, 6.07) is 13.6. The number of aliphatic hydroxyl groups is 1. The summed E-state index contributed by atoms with van der Waals surface area (Å²) in [7, 11) is 0. The number of aromatic nitrogens is 2. The first kappa shape index (κ1) is 20.0. The lowest BCUT2D eigenvalue weighted by molar-refractivity contribution is -0.120. The number of imidazole rings is 1. The topological polar surface area (TPSA) is 90.9 Å². The molecule has 1 atom stereocenters. The van der Waals surface area contributed by atoms with Crippen molar-refractivity contribution in [1.82, 2.24) is 9.55 Å². The van der Waals surface area contributed by atoms with Crippen LogP contribution in [-0.2, 0) is 15.9 Å². The Bertz CT molecular complexity index is 1160. The van der Waals surface area contributed by atoms with Gasteiger partial charge < -0.3 is 9.67 Å². The molecule has 1 aliphatic rings. The van der Waals surface area contributed by atoms with E-state index in [-0.39, 0.29) is 17.5 Å². The van der Waals surface area contributed by atoms with Crippen LogP contribution in [0.25, 0.3) is 11.0 Å². The number of benzene rings is 2. The van der Waals surface area contributed by atoms with Gasteiger partial charge in [-0.1, -0.05) is 30.3 Å². The van der Waals surface area contributed by atoms with Crippen LogP contribution in [0.2, 0.25) is 0 Å². The van der Waals surface area contributed by atoms with Gasteiger partial charge in [0.05, 0.1) is 28.6 Å². The third kappa shape index (κ3) is 3.44. The molecule has 0 spiro atoms. The summed E-state index contributed by atoms with van der Waals surface area (Å²) in [6.07, 6.45) is 2.66. The minimum absolute atomic E-state index is 0.0588. The van der Waals surface area contributed by atoms with Gasteiger partial charge in [0.2, 0.25) is 11.9 Å². The summed E-state index contributed by atoms with van der Waals surface area (Å²) < 4.78 is 16.0. The van der Waals surface area contributed by atoms with Crippen LogP contribution >= 0.6 is 0 Å². The van der Waals surface area contributed by atoms with Crippen LogP contribution in [0.4, 0.5) is 10.3 Å². The van der Waals surface area contributed by atoms with Gasteiger partial charge in [-0.15, -0.1) is 0 Å². The third-order valence-electron chi connectivity index (χ3n) is 5.99. The van der Waals surface area contributed by atoms with E-state index in [2.05, 4.69) is 17.2 Å². The van der Waals surface area contributed by atoms with Gasteiger partial charge >= 0.3 is 0 Å². The molecular formula is C23H23FN4O2. The van der Waals surface area contributed by atoms with Gasteiger partial charge in [-0.05, 0) is 44.7 Å². The van der Waals surface area contributed by atoms with Crippen molar-refractivity contribution in [1.29, 1.82) is 5.26 Å². The van der Waals surface area contributed by atoms with Crippen LogP contribution in [-0.4, -0.2) is 20.6 Å². The standard InChI is InChI=1S/C23H23FN4O2/c1-22(9-6-10-22)28-19-11-15(14-25)17(24)12-18(19)26-21(28)27-20(29)13-23(2,30)16-7-4-3-5-8-16/h3-5,7-8,11-12,30H,6,9-10,13H2,1-2H3,(H,26,27,29)/t23-/m0/s1. The van der Waals surface area contributed by atoms with Crippen LogP contribution in [0, 0.1) is 17.1 Å². The zero-order valence-corrected chi connectivity index (χ0v) is 16.9. The Labute approximate surface area is 174 Å². The number of fused-ring (bicyclic) bond motifs is 1. The van der Waals surface area contributed by atoms with Crippen molar-refractivity contribution in [2.24, 2.45) is 0 Å². The molecule has 7 heteroatoms. The lowest BCUT2D eigenvalue weighted by atomic mass is 9.78. The highest BCUT2D eigenvalue weighted by Gasteiger charge is 2.38. The maximum absolute atomic E-state index is 14.1. The molecule has 0 bridgehead atoms. The Morgan fingerprint density at radius 3 is 2.67 bits per heavy atom. The normalized spacial score (nSPS) is 17.0. The molecule has 154 valence electrons. The van der Waals surface area contributed by atoms with Gasteiger partial charge in [0.25, 0.3) is 0 Å². The highest BCUT2D eigenvalue weighted by molar-refractivity contribution is 5.92. The number of amides is 1. The number of rotatable bonds is 5. The second-order valence-electron chi connectivity index (χ2n) is 8.42. The lowest BCUT2D eigenvalue weighted by Gasteiger charge is -2.41. The van der Waals surface area contributed by atoms with Gasteiger partial charge in [0.1, 0.15) is 11.9 Å². The monoisotopic (exact) mass is 406 g/mol. The molecule has 2 aromatic carbocycles. The average Bonchev–Trinajstić information content (AvgIpc) is 3.02. The zero-order chi connectivity index (χ0) is 21.5. The zero-order valence-electron chi connectivity index (χ0n) is 16.9. The van der Waals surface area contributed by atoms with Crippen molar-refractivity contribution in [3.05, 3.63) is 59.4 Å². The summed E-state index contributed by atoms with van der Waals surface area (Å²) >= 11 is 0. The molecule has 0 saturated heterocycles. The van der Waals surface area contributed by atoms with Crippen molar-refractivity contribution in [2.45, 2.75) is 50.7 Å². The number of hydrogen-bond acceptors (Lipinski definition) is 4. The molecule has 0 radical (unpaired) electrons. The molecule has 0 aliphatic heterocycles.